The minimum atomic E-state index is -4.49. The highest BCUT2D eigenvalue weighted by atomic mass is 31.2. The van der Waals surface area contributed by atoms with Crippen molar-refractivity contribution in [1.82, 2.24) is 20.6 Å². The van der Waals surface area contributed by atoms with E-state index in [9.17, 15) is 28.7 Å². The van der Waals surface area contributed by atoms with E-state index < -0.39 is 26.8 Å². The molecule has 10 nitrogen and oxygen atoms in total. The number of hydrogen-bond donors (Lipinski definition) is 6. The number of pyridine rings is 2. The maximum atomic E-state index is 11.7. The molecule has 0 radical (unpaired) electrons. The van der Waals surface area contributed by atoms with Gasteiger partial charge in [0, 0.05) is 37.9 Å². The van der Waals surface area contributed by atoms with Gasteiger partial charge in [-0.1, -0.05) is 12.1 Å². The van der Waals surface area contributed by atoms with E-state index in [1.165, 1.54) is 36.9 Å². The van der Waals surface area contributed by atoms with Crippen molar-refractivity contribution in [2.24, 2.45) is 0 Å². The second-order valence-electron chi connectivity index (χ2n) is 5.46. The summed E-state index contributed by atoms with van der Waals surface area (Å²) in [6, 6.07) is 6.19. The third kappa shape index (κ3) is 6.05. The third-order valence-corrected chi connectivity index (χ3v) is 5.78. The van der Waals surface area contributed by atoms with Crippen LogP contribution in [0.15, 0.2) is 49.1 Å². The molecule has 0 spiro atoms. The minimum Gasteiger partial charge on any atom is -0.323 e. The van der Waals surface area contributed by atoms with Crippen LogP contribution in [0.1, 0.15) is 22.7 Å². The summed E-state index contributed by atoms with van der Waals surface area (Å²) in [5.41, 5.74) is 0.638. The van der Waals surface area contributed by atoms with Crippen molar-refractivity contribution >= 4 is 15.2 Å². The molecular weight excluding hydrogens is 382 g/mol. The van der Waals surface area contributed by atoms with Crippen molar-refractivity contribution in [2.75, 3.05) is 13.1 Å². The summed E-state index contributed by atoms with van der Waals surface area (Å²) in [6.45, 7) is 0.114. The Bertz CT molecular complexity index is 715. The van der Waals surface area contributed by atoms with E-state index in [1.54, 1.807) is 12.1 Å². The molecule has 12 heteroatoms. The van der Waals surface area contributed by atoms with Crippen LogP contribution in [0.3, 0.4) is 0 Å². The lowest BCUT2D eigenvalue weighted by Crippen LogP contribution is -2.32. The van der Waals surface area contributed by atoms with Crippen LogP contribution in [0.4, 0.5) is 0 Å². The largest absolute Gasteiger partial charge is 0.346 e. The summed E-state index contributed by atoms with van der Waals surface area (Å²) in [5.74, 6) is -2.52. The summed E-state index contributed by atoms with van der Waals surface area (Å²) in [4.78, 5) is 45.7. The Kier molecular flexibility index (Phi) is 7.16. The Balaban J connectivity index is 2.00. The predicted molar refractivity (Wildman–Crippen MR) is 94.0 cm³/mol. The monoisotopic (exact) mass is 402 g/mol. The summed E-state index contributed by atoms with van der Waals surface area (Å²) >= 11 is 0. The number of hydrogen-bond acceptors (Lipinski definition) is 6. The van der Waals surface area contributed by atoms with Crippen molar-refractivity contribution in [3.05, 3.63) is 60.2 Å². The SMILES string of the molecule is O=P(O)(O)C(NCCNC(c1cccnc1)P(=O)(O)O)c1cccnc1. The first-order chi connectivity index (χ1) is 12.2. The van der Waals surface area contributed by atoms with Crippen LogP contribution in [0.25, 0.3) is 0 Å². The van der Waals surface area contributed by atoms with Gasteiger partial charge in [-0.05, 0) is 23.3 Å². The molecule has 26 heavy (non-hydrogen) atoms. The quantitative estimate of drug-likeness (QED) is 0.260. The second kappa shape index (κ2) is 8.94. The van der Waals surface area contributed by atoms with Crippen LogP contribution in [-0.4, -0.2) is 42.6 Å². The van der Waals surface area contributed by atoms with E-state index in [0.717, 1.165) is 0 Å². The third-order valence-electron chi connectivity index (χ3n) is 3.47. The Hall–Kier alpha value is -1.48. The molecule has 2 unspecified atom stereocenters. The molecule has 2 rings (SSSR count). The highest BCUT2D eigenvalue weighted by molar-refractivity contribution is 7.52. The van der Waals surface area contributed by atoms with Gasteiger partial charge in [-0.3, -0.25) is 29.7 Å². The van der Waals surface area contributed by atoms with E-state index in [4.69, 9.17) is 0 Å². The van der Waals surface area contributed by atoms with E-state index in [2.05, 4.69) is 20.6 Å². The molecule has 0 saturated heterocycles. The first-order valence-corrected chi connectivity index (χ1v) is 10.9. The zero-order chi connectivity index (χ0) is 19.2. The lowest BCUT2D eigenvalue weighted by atomic mass is 10.3. The average Bonchev–Trinajstić information content (AvgIpc) is 2.57. The van der Waals surface area contributed by atoms with Gasteiger partial charge in [0.25, 0.3) is 0 Å². The van der Waals surface area contributed by atoms with Crippen LogP contribution in [-0.2, 0) is 9.13 Å². The molecule has 0 aliphatic carbocycles. The lowest BCUT2D eigenvalue weighted by molar-refractivity contribution is 0.339. The summed E-state index contributed by atoms with van der Waals surface area (Å²) in [5, 5.41) is 5.40. The standard InChI is InChI=1S/C14H20N4O6P2/c19-25(20,21)13(11-3-1-5-15-9-11)17-7-8-18-14(26(22,23)24)12-4-2-6-16-10-12/h1-6,9-10,13-14,17-18H,7-8H2,(H2,19,20,21)(H2,22,23,24). The van der Waals surface area contributed by atoms with Gasteiger partial charge in [0.15, 0.2) is 0 Å². The molecular formula is C14H20N4O6P2. The van der Waals surface area contributed by atoms with Crippen LogP contribution >= 0.6 is 15.2 Å². The van der Waals surface area contributed by atoms with E-state index in [1.807, 2.05) is 0 Å². The van der Waals surface area contributed by atoms with Crippen LogP contribution < -0.4 is 10.6 Å². The molecule has 0 aliphatic rings. The molecule has 0 aromatic carbocycles. The molecule has 2 heterocycles. The van der Waals surface area contributed by atoms with Crippen LogP contribution in [0.2, 0.25) is 0 Å². The zero-order valence-corrected chi connectivity index (χ0v) is 15.4. The van der Waals surface area contributed by atoms with Gasteiger partial charge in [0.1, 0.15) is 11.6 Å². The smallest absolute Gasteiger partial charge is 0.323 e. The molecule has 0 fully saturated rings. The van der Waals surface area contributed by atoms with Gasteiger partial charge in [0.2, 0.25) is 0 Å². The molecule has 0 bridgehead atoms. The molecule has 0 amide bonds. The minimum absolute atomic E-state index is 0.0570. The Morgan fingerprint density at radius 1 is 0.808 bits per heavy atom. The first-order valence-electron chi connectivity index (χ1n) is 7.56. The fraction of sp³-hybridized carbons (Fsp3) is 0.286. The second-order valence-corrected chi connectivity index (χ2v) is 8.85. The van der Waals surface area contributed by atoms with Crippen LogP contribution in [0.5, 0.6) is 0 Å². The Labute approximate surface area is 150 Å². The topological polar surface area (TPSA) is 165 Å². The van der Waals surface area contributed by atoms with Crippen molar-refractivity contribution in [2.45, 2.75) is 11.6 Å². The molecule has 142 valence electrons. The van der Waals surface area contributed by atoms with Crippen molar-refractivity contribution in [3.8, 4) is 0 Å². The van der Waals surface area contributed by atoms with Gasteiger partial charge in [-0.15, -0.1) is 0 Å². The normalized spacial score (nSPS) is 14.8. The lowest BCUT2D eigenvalue weighted by Gasteiger charge is -2.23. The maximum Gasteiger partial charge on any atom is 0.346 e. The first kappa shape index (κ1) is 20.8. The van der Waals surface area contributed by atoms with Crippen molar-refractivity contribution < 1.29 is 28.7 Å². The molecule has 2 aromatic rings. The number of nitrogens with one attached hydrogen (secondary N) is 2. The van der Waals surface area contributed by atoms with Crippen molar-refractivity contribution in [3.63, 3.8) is 0 Å². The molecule has 6 N–H and O–H groups in total. The van der Waals surface area contributed by atoms with Gasteiger partial charge < -0.3 is 19.6 Å². The zero-order valence-electron chi connectivity index (χ0n) is 13.6. The Morgan fingerprint density at radius 2 is 1.19 bits per heavy atom. The van der Waals surface area contributed by atoms with Crippen LogP contribution in [0, 0.1) is 0 Å². The molecule has 0 aliphatic heterocycles. The molecule has 2 atom stereocenters. The van der Waals surface area contributed by atoms with Crippen molar-refractivity contribution in [1.29, 1.82) is 0 Å². The maximum absolute atomic E-state index is 11.7. The number of aromatic nitrogens is 2. The van der Waals surface area contributed by atoms with Gasteiger partial charge >= 0.3 is 15.2 Å². The highest BCUT2D eigenvalue weighted by Crippen LogP contribution is 2.50. The van der Waals surface area contributed by atoms with E-state index in [0.29, 0.717) is 11.1 Å². The summed E-state index contributed by atoms with van der Waals surface area (Å²) in [6.07, 6.45) is 5.66. The number of nitrogens with zero attached hydrogens (tertiary/aromatic N) is 2. The van der Waals surface area contributed by atoms with Gasteiger partial charge in [-0.2, -0.15) is 0 Å². The fourth-order valence-corrected chi connectivity index (χ4v) is 4.17. The predicted octanol–water partition coefficient (Wildman–Crippen LogP) is 0.709. The van der Waals surface area contributed by atoms with E-state index >= 15 is 0 Å². The Morgan fingerprint density at radius 3 is 1.46 bits per heavy atom. The van der Waals surface area contributed by atoms with Gasteiger partial charge in [0.05, 0.1) is 0 Å². The van der Waals surface area contributed by atoms with Gasteiger partial charge in [-0.25, -0.2) is 0 Å². The molecule has 2 aromatic heterocycles. The fourth-order valence-electron chi connectivity index (χ4n) is 2.36. The number of rotatable bonds is 9. The van der Waals surface area contributed by atoms with E-state index in [-0.39, 0.29) is 13.1 Å². The molecule has 0 saturated carbocycles. The average molecular weight is 402 g/mol. The highest BCUT2D eigenvalue weighted by Gasteiger charge is 2.32. The summed E-state index contributed by atoms with van der Waals surface area (Å²) in [7, 11) is -8.99. The summed E-state index contributed by atoms with van der Waals surface area (Å²) < 4.78 is 23.4.